The van der Waals surface area contributed by atoms with Gasteiger partial charge in [0.15, 0.2) is 6.61 Å². The molecule has 1 unspecified atom stereocenters. The summed E-state index contributed by atoms with van der Waals surface area (Å²) in [6.07, 6.45) is 1.59. The summed E-state index contributed by atoms with van der Waals surface area (Å²) >= 11 is 6.01. The third-order valence-corrected chi connectivity index (χ3v) is 4.41. The minimum Gasteiger partial charge on any atom is -0.452 e. The van der Waals surface area contributed by atoms with Crippen molar-refractivity contribution in [1.29, 1.82) is 0 Å². The van der Waals surface area contributed by atoms with Gasteiger partial charge in [-0.05, 0) is 29.3 Å². The lowest BCUT2D eigenvalue weighted by atomic mass is 10.1. The molecular weight excluding hydrogens is 362 g/mol. The monoisotopic (exact) mass is 379 g/mol. The highest BCUT2D eigenvalue weighted by molar-refractivity contribution is 7.83. The van der Waals surface area contributed by atoms with E-state index in [1.165, 1.54) is 0 Å². The lowest BCUT2D eigenvalue weighted by molar-refractivity contribution is -0.124. The van der Waals surface area contributed by atoms with Gasteiger partial charge >= 0.3 is 5.97 Å². The molecule has 0 spiro atoms. The largest absolute Gasteiger partial charge is 0.452 e. The Hall–Kier alpha value is -2.18. The van der Waals surface area contributed by atoms with Gasteiger partial charge in [0, 0.05) is 34.4 Å². The summed E-state index contributed by atoms with van der Waals surface area (Å²) in [5.74, 6) is -0.657. The number of hydrogen-bond acceptors (Lipinski definition) is 4. The van der Waals surface area contributed by atoms with Crippen LogP contribution in [0.3, 0.4) is 0 Å². The molecule has 2 aromatic rings. The van der Waals surface area contributed by atoms with Crippen molar-refractivity contribution >= 4 is 34.3 Å². The summed E-state index contributed by atoms with van der Waals surface area (Å²) in [4.78, 5) is 23.8. The first kappa shape index (κ1) is 19.1. The molecule has 1 N–H and O–H groups in total. The maximum absolute atomic E-state index is 12.0. The predicted octanol–water partition coefficient (Wildman–Crippen LogP) is 2.69. The SMILES string of the molecule is CS(=O)Cc1cccc(C(=O)OCC(=O)NCc2ccccc2Cl)c1. The Balaban J connectivity index is 1.84. The molecule has 0 aromatic heterocycles. The van der Waals surface area contributed by atoms with Crippen molar-refractivity contribution in [3.63, 3.8) is 0 Å². The molecule has 0 saturated heterocycles. The molecule has 1 atom stereocenters. The molecule has 0 aliphatic rings. The van der Waals surface area contributed by atoms with Gasteiger partial charge in [-0.2, -0.15) is 0 Å². The van der Waals surface area contributed by atoms with Crippen LogP contribution in [0, 0.1) is 0 Å². The van der Waals surface area contributed by atoms with Gasteiger partial charge in [-0.15, -0.1) is 0 Å². The van der Waals surface area contributed by atoms with E-state index in [2.05, 4.69) is 5.32 Å². The zero-order valence-electron chi connectivity index (χ0n) is 13.7. The topological polar surface area (TPSA) is 72.5 Å². The smallest absolute Gasteiger partial charge is 0.338 e. The molecule has 7 heteroatoms. The third kappa shape index (κ3) is 6.32. The highest BCUT2D eigenvalue weighted by Crippen LogP contribution is 2.14. The van der Waals surface area contributed by atoms with Crippen LogP contribution in [-0.2, 0) is 32.6 Å². The summed E-state index contributed by atoms with van der Waals surface area (Å²) in [5.41, 5.74) is 1.88. The maximum Gasteiger partial charge on any atom is 0.338 e. The van der Waals surface area contributed by atoms with E-state index in [9.17, 15) is 13.8 Å². The maximum atomic E-state index is 12.0. The van der Waals surface area contributed by atoms with E-state index in [-0.39, 0.29) is 13.2 Å². The fourth-order valence-electron chi connectivity index (χ4n) is 2.12. The Morgan fingerprint density at radius 1 is 1.16 bits per heavy atom. The molecule has 132 valence electrons. The van der Waals surface area contributed by atoms with Crippen molar-refractivity contribution < 1.29 is 18.5 Å². The second kappa shape index (κ2) is 9.34. The first-order valence-electron chi connectivity index (χ1n) is 7.52. The van der Waals surface area contributed by atoms with E-state index in [0.29, 0.717) is 16.3 Å². The quantitative estimate of drug-likeness (QED) is 0.751. The normalized spacial score (nSPS) is 11.6. The lowest BCUT2D eigenvalue weighted by Crippen LogP contribution is -2.28. The number of halogens is 1. The van der Waals surface area contributed by atoms with Crippen LogP contribution in [0.5, 0.6) is 0 Å². The van der Waals surface area contributed by atoms with Gasteiger partial charge in [0.2, 0.25) is 0 Å². The average molecular weight is 380 g/mol. The van der Waals surface area contributed by atoms with Crippen LogP contribution >= 0.6 is 11.6 Å². The molecule has 2 aromatic carbocycles. The summed E-state index contributed by atoms with van der Waals surface area (Å²) in [5, 5.41) is 3.20. The Morgan fingerprint density at radius 2 is 1.92 bits per heavy atom. The van der Waals surface area contributed by atoms with Crippen molar-refractivity contribution in [3.8, 4) is 0 Å². The fraction of sp³-hybridized carbons (Fsp3) is 0.222. The molecule has 0 radical (unpaired) electrons. The second-order valence-corrected chi connectivity index (χ2v) is 7.20. The molecule has 0 bridgehead atoms. The molecule has 0 aliphatic heterocycles. The zero-order valence-corrected chi connectivity index (χ0v) is 15.2. The van der Waals surface area contributed by atoms with E-state index in [0.717, 1.165) is 11.1 Å². The predicted molar refractivity (Wildman–Crippen MR) is 97.8 cm³/mol. The van der Waals surface area contributed by atoms with Crippen molar-refractivity contribution in [2.75, 3.05) is 12.9 Å². The molecular formula is C18H18ClNO4S. The van der Waals surface area contributed by atoms with Gasteiger partial charge in [-0.3, -0.25) is 9.00 Å². The van der Waals surface area contributed by atoms with E-state index in [1.807, 2.05) is 6.07 Å². The number of ether oxygens (including phenoxy) is 1. The first-order chi connectivity index (χ1) is 12.0. The minimum absolute atomic E-state index is 0.258. The number of rotatable bonds is 7. The number of carbonyl (C=O) groups is 2. The van der Waals surface area contributed by atoms with Gasteiger partial charge < -0.3 is 10.1 Å². The zero-order chi connectivity index (χ0) is 18.2. The van der Waals surface area contributed by atoms with E-state index >= 15 is 0 Å². The lowest BCUT2D eigenvalue weighted by Gasteiger charge is -2.08. The van der Waals surface area contributed by atoms with E-state index in [4.69, 9.17) is 16.3 Å². The van der Waals surface area contributed by atoms with Crippen molar-refractivity contribution in [2.24, 2.45) is 0 Å². The standard InChI is InChI=1S/C18H18ClNO4S/c1-25(23)12-13-5-4-7-14(9-13)18(22)24-11-17(21)20-10-15-6-2-3-8-16(15)19/h2-9H,10-12H2,1H3,(H,20,21). The van der Waals surface area contributed by atoms with Gasteiger partial charge in [-0.1, -0.05) is 41.9 Å². The molecule has 0 fully saturated rings. The Kier molecular flexibility index (Phi) is 7.16. The Morgan fingerprint density at radius 3 is 2.64 bits per heavy atom. The Labute approximate surface area is 153 Å². The molecule has 25 heavy (non-hydrogen) atoms. The molecule has 0 aliphatic carbocycles. The highest BCUT2D eigenvalue weighted by atomic mass is 35.5. The summed E-state index contributed by atoms with van der Waals surface area (Å²) in [6, 6.07) is 13.8. The molecule has 5 nitrogen and oxygen atoms in total. The van der Waals surface area contributed by atoms with Crippen LogP contribution in [0.4, 0.5) is 0 Å². The van der Waals surface area contributed by atoms with Crippen molar-refractivity contribution in [3.05, 3.63) is 70.2 Å². The second-order valence-electron chi connectivity index (χ2n) is 5.36. The van der Waals surface area contributed by atoms with Gasteiger partial charge in [0.05, 0.1) is 5.56 Å². The first-order valence-corrected chi connectivity index (χ1v) is 9.62. The number of amides is 1. The highest BCUT2D eigenvalue weighted by Gasteiger charge is 2.11. The van der Waals surface area contributed by atoms with Crippen LogP contribution in [0.15, 0.2) is 48.5 Å². The van der Waals surface area contributed by atoms with Crippen LogP contribution in [0.25, 0.3) is 0 Å². The van der Waals surface area contributed by atoms with Crippen LogP contribution in [0.2, 0.25) is 5.02 Å². The fourth-order valence-corrected chi connectivity index (χ4v) is 2.98. The number of esters is 1. The molecule has 0 heterocycles. The van der Waals surface area contributed by atoms with E-state index in [1.54, 1.807) is 48.7 Å². The molecule has 1 amide bonds. The third-order valence-electron chi connectivity index (χ3n) is 3.30. The van der Waals surface area contributed by atoms with Crippen molar-refractivity contribution in [2.45, 2.75) is 12.3 Å². The van der Waals surface area contributed by atoms with Crippen molar-refractivity contribution in [1.82, 2.24) is 5.32 Å². The number of carbonyl (C=O) groups excluding carboxylic acids is 2. The molecule has 2 rings (SSSR count). The van der Waals surface area contributed by atoms with E-state index < -0.39 is 22.7 Å². The van der Waals surface area contributed by atoms with Crippen LogP contribution in [0.1, 0.15) is 21.5 Å². The van der Waals surface area contributed by atoms with Gasteiger partial charge in [0.25, 0.3) is 5.91 Å². The van der Waals surface area contributed by atoms with Crippen LogP contribution in [-0.4, -0.2) is 28.9 Å². The van der Waals surface area contributed by atoms with Gasteiger partial charge in [-0.25, -0.2) is 4.79 Å². The number of hydrogen-bond donors (Lipinski definition) is 1. The summed E-state index contributed by atoms with van der Waals surface area (Å²) in [7, 11) is -0.999. The number of benzene rings is 2. The molecule has 0 saturated carbocycles. The Bertz CT molecular complexity index is 794. The number of nitrogens with one attached hydrogen (secondary N) is 1. The summed E-state index contributed by atoms with van der Waals surface area (Å²) in [6.45, 7) is -0.124. The van der Waals surface area contributed by atoms with Crippen LogP contribution < -0.4 is 5.32 Å². The van der Waals surface area contributed by atoms with Gasteiger partial charge in [0.1, 0.15) is 0 Å². The summed E-state index contributed by atoms with van der Waals surface area (Å²) < 4.78 is 16.3. The minimum atomic E-state index is -0.999. The average Bonchev–Trinajstić information content (AvgIpc) is 2.58.